The van der Waals surface area contributed by atoms with Crippen LogP contribution in [-0.4, -0.2) is 44.1 Å². The fourth-order valence-electron chi connectivity index (χ4n) is 2.74. The highest BCUT2D eigenvalue weighted by Crippen LogP contribution is 2.27. The van der Waals surface area contributed by atoms with E-state index in [1.807, 2.05) is 37.6 Å². The smallest absolute Gasteiger partial charge is 0.410 e. The normalized spacial score (nSPS) is 17.0. The van der Waals surface area contributed by atoms with Gasteiger partial charge in [-0.25, -0.2) is 9.78 Å². The van der Waals surface area contributed by atoms with Crippen LogP contribution in [0.2, 0.25) is 0 Å². The molecule has 118 valence electrons. The van der Waals surface area contributed by atoms with Crippen molar-refractivity contribution in [2.24, 2.45) is 0 Å². The van der Waals surface area contributed by atoms with E-state index in [1.165, 1.54) is 0 Å². The predicted octanol–water partition coefficient (Wildman–Crippen LogP) is 2.84. The number of aromatic nitrogens is 3. The highest BCUT2D eigenvalue weighted by molar-refractivity contribution is 5.68. The second-order valence-electron chi connectivity index (χ2n) is 6.75. The summed E-state index contributed by atoms with van der Waals surface area (Å²) in [6, 6.07) is 0. The van der Waals surface area contributed by atoms with Gasteiger partial charge in [-0.1, -0.05) is 0 Å². The fourth-order valence-corrected chi connectivity index (χ4v) is 2.74. The van der Waals surface area contributed by atoms with Crippen molar-refractivity contribution in [2.75, 3.05) is 13.1 Å². The van der Waals surface area contributed by atoms with Gasteiger partial charge < -0.3 is 14.0 Å². The molecule has 1 amide bonds. The lowest BCUT2D eigenvalue weighted by Gasteiger charge is -2.33. The predicted molar refractivity (Wildman–Crippen MR) is 82.8 cm³/mol. The maximum Gasteiger partial charge on any atom is 0.410 e. The van der Waals surface area contributed by atoms with Gasteiger partial charge in [0.25, 0.3) is 0 Å². The lowest BCUT2D eigenvalue weighted by atomic mass is 9.94. The molecule has 1 fully saturated rings. The molecule has 2 aromatic rings. The Morgan fingerprint density at radius 2 is 2.00 bits per heavy atom. The number of carbonyl (C=O) groups excluding carboxylic acids is 1. The molecule has 1 aliphatic heterocycles. The number of imidazole rings is 1. The van der Waals surface area contributed by atoms with Crippen molar-refractivity contribution in [2.45, 2.75) is 45.1 Å². The molecular weight excluding hydrogens is 280 g/mol. The Labute approximate surface area is 130 Å². The maximum atomic E-state index is 12.1. The van der Waals surface area contributed by atoms with Gasteiger partial charge in [-0.15, -0.1) is 0 Å². The van der Waals surface area contributed by atoms with Crippen molar-refractivity contribution in [3.8, 4) is 0 Å². The number of amides is 1. The van der Waals surface area contributed by atoms with Gasteiger partial charge in [0.05, 0.1) is 11.9 Å². The molecule has 0 saturated carbocycles. The highest BCUT2D eigenvalue weighted by Gasteiger charge is 2.28. The number of likely N-dealkylation sites (tertiary alicyclic amines) is 1. The molecule has 22 heavy (non-hydrogen) atoms. The van der Waals surface area contributed by atoms with E-state index >= 15 is 0 Å². The van der Waals surface area contributed by atoms with Gasteiger partial charge >= 0.3 is 6.09 Å². The summed E-state index contributed by atoms with van der Waals surface area (Å²) in [4.78, 5) is 22.6. The first-order valence-corrected chi connectivity index (χ1v) is 7.69. The molecule has 2 aromatic heterocycles. The van der Waals surface area contributed by atoms with E-state index in [9.17, 15) is 4.79 Å². The molecule has 6 nitrogen and oxygen atoms in total. The minimum atomic E-state index is -0.443. The lowest BCUT2D eigenvalue weighted by molar-refractivity contribution is 0.0204. The zero-order valence-electron chi connectivity index (χ0n) is 13.3. The zero-order valence-corrected chi connectivity index (χ0v) is 13.3. The standard InChI is InChI=1S/C16H22N4O2/c1-16(2,3)22-15(21)19-7-4-12(5-8-19)13-11-20-9-6-17-14(20)10-18-13/h6,9-12H,4-5,7-8H2,1-3H3. The van der Waals surface area contributed by atoms with E-state index in [4.69, 9.17) is 4.74 Å². The SMILES string of the molecule is CC(C)(C)OC(=O)N1CCC(c2cn3ccnc3cn2)CC1. The Balaban J connectivity index is 1.62. The Morgan fingerprint density at radius 1 is 1.27 bits per heavy atom. The summed E-state index contributed by atoms with van der Waals surface area (Å²) < 4.78 is 7.41. The molecule has 3 rings (SSSR count). The van der Waals surface area contributed by atoms with Crippen molar-refractivity contribution < 1.29 is 9.53 Å². The van der Waals surface area contributed by atoms with Crippen LogP contribution in [0.5, 0.6) is 0 Å². The number of nitrogens with zero attached hydrogens (tertiary/aromatic N) is 4. The first-order chi connectivity index (χ1) is 10.4. The van der Waals surface area contributed by atoms with E-state index in [0.29, 0.717) is 19.0 Å². The van der Waals surface area contributed by atoms with E-state index in [1.54, 1.807) is 17.3 Å². The summed E-state index contributed by atoms with van der Waals surface area (Å²) in [7, 11) is 0. The van der Waals surface area contributed by atoms with E-state index in [0.717, 1.165) is 24.2 Å². The second kappa shape index (κ2) is 5.59. The number of carbonyl (C=O) groups is 1. The third kappa shape index (κ3) is 3.21. The number of fused-ring (bicyclic) bond motifs is 1. The van der Waals surface area contributed by atoms with E-state index < -0.39 is 5.60 Å². The molecule has 0 radical (unpaired) electrons. The molecule has 0 N–H and O–H groups in total. The van der Waals surface area contributed by atoms with Crippen molar-refractivity contribution in [1.82, 2.24) is 19.3 Å². The number of piperidine rings is 1. The van der Waals surface area contributed by atoms with Crippen LogP contribution in [0.3, 0.4) is 0 Å². The van der Waals surface area contributed by atoms with Gasteiger partial charge in [-0.3, -0.25) is 4.98 Å². The topological polar surface area (TPSA) is 59.7 Å². The van der Waals surface area contributed by atoms with Gasteiger partial charge in [0.15, 0.2) is 5.65 Å². The minimum Gasteiger partial charge on any atom is -0.444 e. The quantitative estimate of drug-likeness (QED) is 0.812. The molecule has 6 heteroatoms. The molecular formula is C16H22N4O2. The lowest BCUT2D eigenvalue weighted by Crippen LogP contribution is -2.41. The molecule has 3 heterocycles. The number of ether oxygens (including phenoxy) is 1. The van der Waals surface area contributed by atoms with Crippen LogP contribution in [0, 0.1) is 0 Å². The number of rotatable bonds is 1. The Bertz CT molecular complexity index is 666. The van der Waals surface area contributed by atoms with Crippen LogP contribution < -0.4 is 0 Å². The first-order valence-electron chi connectivity index (χ1n) is 7.69. The van der Waals surface area contributed by atoms with E-state index in [2.05, 4.69) is 9.97 Å². The van der Waals surface area contributed by atoms with Crippen LogP contribution in [0.1, 0.15) is 45.2 Å². The number of hydrogen-bond acceptors (Lipinski definition) is 4. The van der Waals surface area contributed by atoms with Crippen molar-refractivity contribution >= 4 is 11.7 Å². The molecule has 0 aromatic carbocycles. The maximum absolute atomic E-state index is 12.1. The van der Waals surface area contributed by atoms with Gasteiger partial charge in [0, 0.05) is 37.6 Å². The summed E-state index contributed by atoms with van der Waals surface area (Å²) in [5.41, 5.74) is 1.48. The minimum absolute atomic E-state index is 0.219. The highest BCUT2D eigenvalue weighted by atomic mass is 16.6. The van der Waals surface area contributed by atoms with Gasteiger partial charge in [-0.05, 0) is 33.6 Å². The van der Waals surface area contributed by atoms with Crippen molar-refractivity contribution in [3.63, 3.8) is 0 Å². The summed E-state index contributed by atoms with van der Waals surface area (Å²) >= 11 is 0. The van der Waals surface area contributed by atoms with Crippen LogP contribution >= 0.6 is 0 Å². The van der Waals surface area contributed by atoms with Gasteiger partial charge in [-0.2, -0.15) is 0 Å². The summed E-state index contributed by atoms with van der Waals surface area (Å²) in [5, 5.41) is 0. The molecule has 1 aliphatic rings. The largest absolute Gasteiger partial charge is 0.444 e. The van der Waals surface area contributed by atoms with Crippen LogP contribution in [0.15, 0.2) is 24.8 Å². The van der Waals surface area contributed by atoms with Gasteiger partial charge in [0.2, 0.25) is 0 Å². The van der Waals surface area contributed by atoms with Crippen LogP contribution in [0.25, 0.3) is 5.65 Å². The first kappa shape index (κ1) is 14.8. The van der Waals surface area contributed by atoms with Gasteiger partial charge in [0.1, 0.15) is 5.60 Å². The summed E-state index contributed by atoms with van der Waals surface area (Å²) in [5.74, 6) is 0.380. The Kier molecular flexibility index (Phi) is 3.76. The molecule has 0 atom stereocenters. The summed E-state index contributed by atoms with van der Waals surface area (Å²) in [6.45, 7) is 7.10. The second-order valence-corrected chi connectivity index (χ2v) is 6.75. The Hall–Kier alpha value is -2.11. The third-order valence-electron chi connectivity index (χ3n) is 3.86. The van der Waals surface area contributed by atoms with Crippen LogP contribution in [0.4, 0.5) is 4.79 Å². The molecule has 0 aliphatic carbocycles. The monoisotopic (exact) mass is 302 g/mol. The summed E-state index contributed by atoms with van der Waals surface area (Å²) in [6.07, 6.45) is 9.14. The average molecular weight is 302 g/mol. The Morgan fingerprint density at radius 3 is 2.68 bits per heavy atom. The molecule has 0 bridgehead atoms. The number of hydrogen-bond donors (Lipinski definition) is 0. The zero-order chi connectivity index (χ0) is 15.7. The molecule has 0 spiro atoms. The molecule has 1 saturated heterocycles. The third-order valence-corrected chi connectivity index (χ3v) is 3.86. The van der Waals surface area contributed by atoms with Crippen LogP contribution in [-0.2, 0) is 4.74 Å². The van der Waals surface area contributed by atoms with E-state index in [-0.39, 0.29) is 6.09 Å². The fraction of sp³-hybridized carbons (Fsp3) is 0.562. The average Bonchev–Trinajstić information content (AvgIpc) is 2.93. The van der Waals surface area contributed by atoms with Crippen molar-refractivity contribution in [3.05, 3.63) is 30.5 Å². The van der Waals surface area contributed by atoms with Crippen molar-refractivity contribution in [1.29, 1.82) is 0 Å². The molecule has 0 unspecified atom stereocenters.